The van der Waals surface area contributed by atoms with Crippen molar-refractivity contribution in [2.45, 2.75) is 18.0 Å². The van der Waals surface area contributed by atoms with Crippen LogP contribution in [0.3, 0.4) is 0 Å². The molecule has 7 nitrogen and oxygen atoms in total. The molecule has 0 aliphatic carbocycles. The zero-order valence-electron chi connectivity index (χ0n) is 14.7. The van der Waals surface area contributed by atoms with Gasteiger partial charge < -0.3 is 10.2 Å². The first-order valence-corrected chi connectivity index (χ1v) is 9.61. The smallest absolute Gasteiger partial charge is 0.270 e. The standard InChI is InChI=1S/C17H20FN3O4S/c1-20(2)11-13-8-12(4-6-15(13)18)10-19-16-7-5-14(21(22)23)9-17(16)26(3,24)25/h4-9,19H,10-11H2,1-3H3. The van der Waals surface area contributed by atoms with Crippen LogP contribution in [0.25, 0.3) is 0 Å². The molecule has 9 heteroatoms. The van der Waals surface area contributed by atoms with E-state index in [0.717, 1.165) is 17.9 Å². The lowest BCUT2D eigenvalue weighted by Crippen LogP contribution is -2.13. The predicted molar refractivity (Wildman–Crippen MR) is 97.3 cm³/mol. The lowest BCUT2D eigenvalue weighted by atomic mass is 10.1. The molecule has 0 radical (unpaired) electrons. The number of sulfone groups is 1. The Balaban J connectivity index is 2.28. The molecule has 26 heavy (non-hydrogen) atoms. The van der Waals surface area contributed by atoms with Crippen molar-refractivity contribution < 1.29 is 17.7 Å². The number of nitrogens with zero attached hydrogens (tertiary/aromatic N) is 2. The third kappa shape index (κ3) is 4.99. The maximum atomic E-state index is 13.8. The van der Waals surface area contributed by atoms with Gasteiger partial charge in [0.25, 0.3) is 5.69 Å². The molecule has 0 aromatic heterocycles. The van der Waals surface area contributed by atoms with Gasteiger partial charge in [0.1, 0.15) is 5.82 Å². The largest absolute Gasteiger partial charge is 0.380 e. The minimum atomic E-state index is -3.66. The van der Waals surface area contributed by atoms with Gasteiger partial charge in [-0.15, -0.1) is 0 Å². The highest BCUT2D eigenvalue weighted by Gasteiger charge is 2.18. The second-order valence-corrected chi connectivity index (χ2v) is 8.21. The zero-order chi connectivity index (χ0) is 19.5. The molecule has 2 aromatic rings. The molecule has 0 heterocycles. The summed E-state index contributed by atoms with van der Waals surface area (Å²) in [5, 5.41) is 13.8. The lowest BCUT2D eigenvalue weighted by Gasteiger charge is -2.14. The Bertz CT molecular complexity index is 930. The van der Waals surface area contributed by atoms with E-state index in [1.807, 2.05) is 19.0 Å². The molecule has 140 valence electrons. The van der Waals surface area contributed by atoms with Gasteiger partial charge in [-0.2, -0.15) is 0 Å². The summed E-state index contributed by atoms with van der Waals surface area (Å²) in [7, 11) is 0.00764. The van der Waals surface area contributed by atoms with E-state index in [1.165, 1.54) is 18.2 Å². The highest BCUT2D eigenvalue weighted by molar-refractivity contribution is 7.90. The van der Waals surface area contributed by atoms with Gasteiger partial charge in [-0.1, -0.05) is 6.07 Å². The molecule has 0 aliphatic heterocycles. The summed E-state index contributed by atoms with van der Waals surface area (Å²) in [6, 6.07) is 8.29. The number of anilines is 1. The van der Waals surface area contributed by atoms with E-state index in [1.54, 1.807) is 12.1 Å². The molecular weight excluding hydrogens is 361 g/mol. The van der Waals surface area contributed by atoms with Crippen molar-refractivity contribution in [2.24, 2.45) is 0 Å². The van der Waals surface area contributed by atoms with Crippen LogP contribution in [0.2, 0.25) is 0 Å². The Kier molecular flexibility index (Phi) is 5.94. The summed E-state index contributed by atoms with van der Waals surface area (Å²) in [5.41, 5.74) is 1.25. The van der Waals surface area contributed by atoms with Crippen molar-refractivity contribution >= 4 is 21.2 Å². The maximum absolute atomic E-state index is 13.8. The topological polar surface area (TPSA) is 92.5 Å². The van der Waals surface area contributed by atoms with E-state index in [4.69, 9.17) is 0 Å². The Hall–Kier alpha value is -2.52. The van der Waals surface area contributed by atoms with Crippen molar-refractivity contribution in [2.75, 3.05) is 25.7 Å². The maximum Gasteiger partial charge on any atom is 0.270 e. The number of nitro benzene ring substituents is 1. The van der Waals surface area contributed by atoms with Crippen LogP contribution in [0.1, 0.15) is 11.1 Å². The number of nitrogens with one attached hydrogen (secondary N) is 1. The fourth-order valence-corrected chi connectivity index (χ4v) is 3.35. The molecule has 0 unspecified atom stereocenters. The quantitative estimate of drug-likeness (QED) is 0.586. The van der Waals surface area contributed by atoms with Crippen LogP contribution in [-0.2, 0) is 22.9 Å². The van der Waals surface area contributed by atoms with Gasteiger partial charge in [0.15, 0.2) is 9.84 Å². The van der Waals surface area contributed by atoms with E-state index in [-0.39, 0.29) is 28.6 Å². The van der Waals surface area contributed by atoms with E-state index in [9.17, 15) is 22.9 Å². The Morgan fingerprint density at radius 1 is 1.19 bits per heavy atom. The van der Waals surface area contributed by atoms with Crippen molar-refractivity contribution in [3.05, 3.63) is 63.5 Å². The van der Waals surface area contributed by atoms with E-state index < -0.39 is 14.8 Å². The second-order valence-electron chi connectivity index (χ2n) is 6.23. The minimum Gasteiger partial charge on any atom is -0.380 e. The molecule has 2 rings (SSSR count). The molecule has 0 fully saturated rings. The normalized spacial score (nSPS) is 11.6. The summed E-state index contributed by atoms with van der Waals surface area (Å²) in [6.07, 6.45) is 0.990. The predicted octanol–water partition coefficient (Wildman–Crippen LogP) is 2.81. The molecule has 2 aromatic carbocycles. The summed E-state index contributed by atoms with van der Waals surface area (Å²) in [6.45, 7) is 0.687. The number of benzene rings is 2. The highest BCUT2D eigenvalue weighted by Crippen LogP contribution is 2.27. The molecule has 0 amide bonds. The minimum absolute atomic E-state index is 0.151. The third-order valence-electron chi connectivity index (χ3n) is 3.66. The Morgan fingerprint density at radius 2 is 1.88 bits per heavy atom. The van der Waals surface area contributed by atoms with Gasteiger partial charge in [-0.3, -0.25) is 10.1 Å². The highest BCUT2D eigenvalue weighted by atomic mass is 32.2. The van der Waals surface area contributed by atoms with Crippen LogP contribution >= 0.6 is 0 Å². The first-order chi connectivity index (χ1) is 12.1. The molecule has 0 saturated heterocycles. The van der Waals surface area contributed by atoms with Crippen molar-refractivity contribution in [1.29, 1.82) is 0 Å². The fraction of sp³-hybridized carbons (Fsp3) is 0.294. The summed E-state index contributed by atoms with van der Waals surface area (Å²) in [4.78, 5) is 11.9. The second kappa shape index (κ2) is 7.79. The Labute approximate surface area is 151 Å². The monoisotopic (exact) mass is 381 g/mol. The number of halogens is 1. The van der Waals surface area contributed by atoms with Gasteiger partial charge >= 0.3 is 0 Å². The van der Waals surface area contributed by atoms with Gasteiger partial charge in [0.2, 0.25) is 0 Å². The number of hydrogen-bond acceptors (Lipinski definition) is 6. The third-order valence-corrected chi connectivity index (χ3v) is 4.79. The SMILES string of the molecule is CN(C)Cc1cc(CNc2ccc([N+](=O)[O-])cc2S(C)(=O)=O)ccc1F. The zero-order valence-corrected chi connectivity index (χ0v) is 15.5. The molecule has 0 atom stereocenters. The summed E-state index contributed by atoms with van der Waals surface area (Å²) in [5.74, 6) is -0.311. The van der Waals surface area contributed by atoms with Gasteiger partial charge in [-0.05, 0) is 37.9 Å². The molecule has 0 spiro atoms. The fourth-order valence-electron chi connectivity index (χ4n) is 2.47. The van der Waals surface area contributed by atoms with Crippen molar-refractivity contribution in [3.8, 4) is 0 Å². The molecular formula is C17H20FN3O4S. The number of nitro groups is 1. The average Bonchev–Trinajstić information content (AvgIpc) is 2.54. The van der Waals surface area contributed by atoms with E-state index in [2.05, 4.69) is 5.32 Å². The number of hydrogen-bond donors (Lipinski definition) is 1. The first-order valence-electron chi connectivity index (χ1n) is 7.72. The lowest BCUT2D eigenvalue weighted by molar-refractivity contribution is -0.385. The van der Waals surface area contributed by atoms with Gasteiger partial charge in [0.05, 0.1) is 15.5 Å². The van der Waals surface area contributed by atoms with Crippen LogP contribution in [0.4, 0.5) is 15.8 Å². The van der Waals surface area contributed by atoms with Crippen LogP contribution in [0.15, 0.2) is 41.3 Å². The van der Waals surface area contributed by atoms with Gasteiger partial charge in [-0.25, -0.2) is 12.8 Å². The molecule has 0 aliphatic rings. The van der Waals surface area contributed by atoms with Crippen LogP contribution in [-0.4, -0.2) is 38.6 Å². The van der Waals surface area contributed by atoms with Crippen LogP contribution in [0, 0.1) is 15.9 Å². The molecule has 1 N–H and O–H groups in total. The van der Waals surface area contributed by atoms with Gasteiger partial charge in [0, 0.05) is 37.0 Å². The summed E-state index contributed by atoms with van der Waals surface area (Å²) < 4.78 is 37.7. The first kappa shape index (κ1) is 19.8. The van der Waals surface area contributed by atoms with Crippen LogP contribution in [0.5, 0.6) is 0 Å². The number of non-ortho nitro benzene ring substituents is 1. The summed E-state index contributed by atoms with van der Waals surface area (Å²) >= 11 is 0. The molecule has 0 saturated carbocycles. The molecule has 0 bridgehead atoms. The van der Waals surface area contributed by atoms with Crippen molar-refractivity contribution in [1.82, 2.24) is 4.90 Å². The average molecular weight is 381 g/mol. The van der Waals surface area contributed by atoms with E-state index >= 15 is 0 Å². The van der Waals surface area contributed by atoms with Crippen molar-refractivity contribution in [3.63, 3.8) is 0 Å². The Morgan fingerprint density at radius 3 is 2.46 bits per heavy atom. The van der Waals surface area contributed by atoms with Crippen LogP contribution < -0.4 is 5.32 Å². The number of rotatable bonds is 7. The van der Waals surface area contributed by atoms with E-state index in [0.29, 0.717) is 12.1 Å².